The summed E-state index contributed by atoms with van der Waals surface area (Å²) in [5.74, 6) is 0. The van der Waals surface area contributed by atoms with E-state index in [0.29, 0.717) is 5.02 Å². The van der Waals surface area contributed by atoms with Gasteiger partial charge in [0.25, 0.3) is 5.69 Å². The third-order valence-corrected chi connectivity index (χ3v) is 6.01. The molecule has 9 heteroatoms. The zero-order valence-corrected chi connectivity index (χ0v) is 14.6. The lowest BCUT2D eigenvalue weighted by molar-refractivity contribution is -0.385. The average Bonchev–Trinajstić information content (AvgIpc) is 2.62. The number of ether oxygens (including phenoxy) is 1. The lowest BCUT2D eigenvalue weighted by atomic mass is 10.1. The Morgan fingerprint density at radius 3 is 2.68 bits per heavy atom. The smallest absolute Gasteiger partial charge is 0.270 e. The van der Waals surface area contributed by atoms with E-state index in [9.17, 15) is 18.5 Å². The third kappa shape index (κ3) is 3.82. The summed E-state index contributed by atoms with van der Waals surface area (Å²) in [4.78, 5) is 10.2. The minimum Gasteiger partial charge on any atom is -0.371 e. The fourth-order valence-electron chi connectivity index (χ4n) is 2.66. The molecule has 7 nitrogen and oxygen atoms in total. The van der Waals surface area contributed by atoms with Crippen LogP contribution in [0.4, 0.5) is 5.69 Å². The molecule has 1 atom stereocenters. The van der Waals surface area contributed by atoms with Crippen LogP contribution in [-0.4, -0.2) is 37.3 Å². The lowest BCUT2D eigenvalue weighted by Gasteiger charge is -2.32. The van der Waals surface area contributed by atoms with Crippen molar-refractivity contribution in [2.24, 2.45) is 0 Å². The van der Waals surface area contributed by atoms with Crippen LogP contribution in [-0.2, 0) is 14.8 Å². The Morgan fingerprint density at radius 2 is 1.96 bits per heavy atom. The summed E-state index contributed by atoms with van der Waals surface area (Å²) in [6.45, 7) is 0.527. The number of morpholine rings is 1. The van der Waals surface area contributed by atoms with Crippen molar-refractivity contribution in [2.75, 3.05) is 19.7 Å². The first-order valence-corrected chi connectivity index (χ1v) is 9.31. The fraction of sp³-hybridized carbons (Fsp3) is 0.250. The van der Waals surface area contributed by atoms with E-state index in [2.05, 4.69) is 0 Å². The molecule has 25 heavy (non-hydrogen) atoms. The van der Waals surface area contributed by atoms with E-state index in [4.69, 9.17) is 16.3 Å². The highest BCUT2D eigenvalue weighted by Crippen LogP contribution is 2.28. The van der Waals surface area contributed by atoms with Gasteiger partial charge in [0, 0.05) is 30.2 Å². The van der Waals surface area contributed by atoms with Crippen molar-refractivity contribution in [2.45, 2.75) is 11.0 Å². The maximum atomic E-state index is 12.8. The molecule has 0 radical (unpaired) electrons. The van der Waals surface area contributed by atoms with Gasteiger partial charge in [-0.15, -0.1) is 0 Å². The van der Waals surface area contributed by atoms with Crippen LogP contribution in [0.25, 0.3) is 0 Å². The number of nitrogens with zero attached hydrogens (tertiary/aromatic N) is 2. The van der Waals surface area contributed by atoms with Gasteiger partial charge in [-0.25, -0.2) is 8.42 Å². The predicted molar refractivity (Wildman–Crippen MR) is 92.0 cm³/mol. The van der Waals surface area contributed by atoms with Gasteiger partial charge in [0.05, 0.1) is 22.5 Å². The molecule has 1 heterocycles. The molecule has 1 unspecified atom stereocenters. The molecule has 3 rings (SSSR count). The Balaban J connectivity index is 1.87. The summed E-state index contributed by atoms with van der Waals surface area (Å²) in [5, 5.41) is 11.4. The van der Waals surface area contributed by atoms with Gasteiger partial charge in [0.15, 0.2) is 0 Å². The van der Waals surface area contributed by atoms with E-state index in [1.54, 1.807) is 18.2 Å². The second kappa shape index (κ2) is 7.09. The van der Waals surface area contributed by atoms with Crippen LogP contribution in [0.3, 0.4) is 0 Å². The highest BCUT2D eigenvalue weighted by molar-refractivity contribution is 7.89. The van der Waals surface area contributed by atoms with Gasteiger partial charge >= 0.3 is 0 Å². The Bertz CT molecular complexity index is 903. The Morgan fingerprint density at radius 1 is 1.20 bits per heavy atom. The molecular weight excluding hydrogens is 368 g/mol. The maximum absolute atomic E-state index is 12.8. The van der Waals surface area contributed by atoms with Crippen molar-refractivity contribution in [1.82, 2.24) is 4.31 Å². The number of sulfonamides is 1. The van der Waals surface area contributed by atoms with E-state index in [1.807, 2.05) is 6.07 Å². The number of hydrogen-bond donors (Lipinski definition) is 0. The van der Waals surface area contributed by atoms with Gasteiger partial charge in [-0.3, -0.25) is 10.1 Å². The number of halogens is 1. The minimum atomic E-state index is -3.85. The molecule has 0 saturated carbocycles. The van der Waals surface area contributed by atoms with E-state index in [-0.39, 0.29) is 30.3 Å². The zero-order chi connectivity index (χ0) is 18.0. The standard InChI is InChI=1S/C16H15ClN2O5S/c17-13-4-1-3-12(9-13)16-11-18(7-8-24-16)25(22,23)15-6-2-5-14(10-15)19(20)21/h1-6,9-10,16H,7-8,11H2. The fourth-order valence-corrected chi connectivity index (χ4v) is 4.32. The van der Waals surface area contributed by atoms with Crippen LogP contribution in [0.5, 0.6) is 0 Å². The van der Waals surface area contributed by atoms with E-state index >= 15 is 0 Å². The maximum Gasteiger partial charge on any atom is 0.270 e. The van der Waals surface area contributed by atoms with Crippen LogP contribution < -0.4 is 0 Å². The van der Waals surface area contributed by atoms with Gasteiger partial charge in [-0.05, 0) is 23.8 Å². The lowest BCUT2D eigenvalue weighted by Crippen LogP contribution is -2.42. The molecule has 0 amide bonds. The highest BCUT2D eigenvalue weighted by atomic mass is 35.5. The molecule has 1 aliphatic heterocycles. The Labute approximate surface area is 150 Å². The Hall–Kier alpha value is -2.00. The molecule has 1 saturated heterocycles. The van der Waals surface area contributed by atoms with Crippen LogP contribution in [0, 0.1) is 10.1 Å². The van der Waals surface area contributed by atoms with Gasteiger partial charge in [0.2, 0.25) is 10.0 Å². The quantitative estimate of drug-likeness (QED) is 0.599. The molecule has 2 aromatic carbocycles. The number of non-ortho nitro benzene ring substituents is 1. The van der Waals surface area contributed by atoms with Crippen molar-refractivity contribution in [3.63, 3.8) is 0 Å². The summed E-state index contributed by atoms with van der Waals surface area (Å²) in [6.07, 6.45) is -0.444. The molecule has 2 aromatic rings. The molecule has 0 bridgehead atoms. The van der Waals surface area contributed by atoms with E-state index < -0.39 is 21.1 Å². The Kier molecular flexibility index (Phi) is 5.05. The van der Waals surface area contributed by atoms with Crippen LogP contribution in [0.1, 0.15) is 11.7 Å². The first kappa shape index (κ1) is 17.8. The third-order valence-electron chi connectivity index (χ3n) is 3.92. The number of benzene rings is 2. The summed E-state index contributed by atoms with van der Waals surface area (Å²) >= 11 is 5.98. The number of nitro benzene ring substituents is 1. The molecule has 1 aliphatic rings. The van der Waals surface area contributed by atoms with Crippen molar-refractivity contribution in [3.8, 4) is 0 Å². The van der Waals surface area contributed by atoms with Crippen molar-refractivity contribution in [1.29, 1.82) is 0 Å². The normalized spacial score (nSPS) is 18.8. The van der Waals surface area contributed by atoms with Gasteiger partial charge in [-0.1, -0.05) is 29.8 Å². The molecule has 0 spiro atoms. The monoisotopic (exact) mass is 382 g/mol. The van der Waals surface area contributed by atoms with E-state index in [0.717, 1.165) is 11.6 Å². The molecule has 132 valence electrons. The van der Waals surface area contributed by atoms with Crippen LogP contribution in [0.2, 0.25) is 5.02 Å². The second-order valence-electron chi connectivity index (χ2n) is 5.53. The van der Waals surface area contributed by atoms with E-state index in [1.165, 1.54) is 22.5 Å². The van der Waals surface area contributed by atoms with Gasteiger partial charge < -0.3 is 4.74 Å². The molecule has 0 N–H and O–H groups in total. The average molecular weight is 383 g/mol. The molecular formula is C16H15ClN2O5S. The van der Waals surface area contributed by atoms with Crippen molar-refractivity contribution < 1.29 is 18.1 Å². The van der Waals surface area contributed by atoms with Crippen LogP contribution in [0.15, 0.2) is 53.4 Å². The zero-order valence-electron chi connectivity index (χ0n) is 13.0. The largest absolute Gasteiger partial charge is 0.371 e. The van der Waals surface area contributed by atoms with Crippen molar-refractivity contribution in [3.05, 3.63) is 69.2 Å². The summed E-state index contributed by atoms with van der Waals surface area (Å²) in [7, 11) is -3.85. The first-order valence-electron chi connectivity index (χ1n) is 7.49. The minimum absolute atomic E-state index is 0.103. The SMILES string of the molecule is O=[N+]([O-])c1cccc(S(=O)(=O)N2CCOC(c3cccc(Cl)c3)C2)c1. The first-order chi connectivity index (χ1) is 11.9. The topological polar surface area (TPSA) is 89.8 Å². The molecule has 0 aromatic heterocycles. The van der Waals surface area contributed by atoms with Gasteiger partial charge in [-0.2, -0.15) is 4.31 Å². The molecule has 0 aliphatic carbocycles. The number of rotatable bonds is 4. The highest BCUT2D eigenvalue weighted by Gasteiger charge is 2.32. The predicted octanol–water partition coefficient (Wildman–Crippen LogP) is 3.01. The number of nitro groups is 1. The molecule has 1 fully saturated rings. The van der Waals surface area contributed by atoms with Gasteiger partial charge in [0.1, 0.15) is 0 Å². The number of hydrogen-bond acceptors (Lipinski definition) is 5. The summed E-state index contributed by atoms with van der Waals surface area (Å²) < 4.78 is 32.6. The van der Waals surface area contributed by atoms with Crippen molar-refractivity contribution >= 4 is 27.3 Å². The second-order valence-corrected chi connectivity index (χ2v) is 7.91. The summed E-state index contributed by atoms with van der Waals surface area (Å²) in [6, 6.07) is 12.1. The van der Waals surface area contributed by atoms with Crippen LogP contribution >= 0.6 is 11.6 Å². The summed E-state index contributed by atoms with van der Waals surface area (Å²) in [5.41, 5.74) is 0.521.